The van der Waals surface area contributed by atoms with Gasteiger partial charge in [-0.3, -0.25) is 14.2 Å². The largest absolute Gasteiger partial charge is 0.456 e. The highest BCUT2D eigenvalue weighted by Gasteiger charge is 2.28. The zero-order chi connectivity index (χ0) is 22.6. The first-order valence-corrected chi connectivity index (χ1v) is 10.6. The lowest BCUT2D eigenvalue weighted by Crippen LogP contribution is -2.29. The summed E-state index contributed by atoms with van der Waals surface area (Å²) in [6.45, 7) is 0.618. The molecule has 1 fully saturated rings. The molecule has 0 N–H and O–H groups in total. The van der Waals surface area contributed by atoms with E-state index in [0.717, 1.165) is 35.5 Å². The van der Waals surface area contributed by atoms with Crippen LogP contribution in [0.1, 0.15) is 36.4 Å². The van der Waals surface area contributed by atoms with Crippen LogP contribution in [0.5, 0.6) is 0 Å². The van der Waals surface area contributed by atoms with Gasteiger partial charge in [-0.2, -0.15) is 0 Å². The van der Waals surface area contributed by atoms with Crippen LogP contribution in [0.3, 0.4) is 0 Å². The van der Waals surface area contributed by atoms with Crippen molar-refractivity contribution >= 4 is 21.9 Å². The van der Waals surface area contributed by atoms with Gasteiger partial charge in [-0.25, -0.2) is 8.78 Å². The minimum absolute atomic E-state index is 0.0123. The number of aromatic nitrogens is 1. The molecular weight excluding hydrogens is 414 g/mol. The topological polar surface area (TPSA) is 55.5 Å². The van der Waals surface area contributed by atoms with Crippen LogP contribution >= 0.6 is 0 Å². The van der Waals surface area contributed by atoms with Crippen molar-refractivity contribution in [3.8, 4) is 5.69 Å². The number of rotatable bonds is 4. The van der Waals surface area contributed by atoms with Gasteiger partial charge >= 0.3 is 0 Å². The number of nitrogens with zero attached hydrogens (tertiary/aromatic N) is 2. The van der Waals surface area contributed by atoms with E-state index in [1.165, 1.54) is 12.1 Å². The number of fused-ring (bicyclic) bond motifs is 2. The highest BCUT2D eigenvalue weighted by molar-refractivity contribution is 5.90. The van der Waals surface area contributed by atoms with Gasteiger partial charge in [-0.1, -0.05) is 18.6 Å². The Labute approximate surface area is 182 Å². The van der Waals surface area contributed by atoms with Crippen LogP contribution in [0.25, 0.3) is 27.6 Å². The molecule has 0 unspecified atom stereocenters. The Morgan fingerprint density at radius 3 is 2.53 bits per heavy atom. The van der Waals surface area contributed by atoms with Crippen molar-refractivity contribution in [3.05, 3.63) is 85.9 Å². The number of hydrogen-bond donors (Lipinski definition) is 0. The predicted molar refractivity (Wildman–Crippen MR) is 119 cm³/mol. The lowest BCUT2D eigenvalue weighted by molar-refractivity contribution is 0.402. The summed E-state index contributed by atoms with van der Waals surface area (Å²) < 4.78 is 35.8. The molecule has 0 aliphatic heterocycles. The van der Waals surface area contributed by atoms with Gasteiger partial charge in [0.2, 0.25) is 5.43 Å². The van der Waals surface area contributed by atoms with Gasteiger partial charge < -0.3 is 9.32 Å². The summed E-state index contributed by atoms with van der Waals surface area (Å²) in [5, 5.41) is 0.128. The van der Waals surface area contributed by atoms with Gasteiger partial charge in [0, 0.05) is 18.3 Å². The summed E-state index contributed by atoms with van der Waals surface area (Å²) >= 11 is 0. The molecule has 1 saturated carbocycles. The maximum Gasteiger partial charge on any atom is 0.270 e. The lowest BCUT2D eigenvalue weighted by Gasteiger charge is -2.28. The zero-order valence-corrected chi connectivity index (χ0v) is 17.8. The maximum atomic E-state index is 14.7. The molecule has 32 heavy (non-hydrogen) atoms. The molecule has 1 aliphatic carbocycles. The summed E-state index contributed by atoms with van der Waals surface area (Å²) in [6, 6.07) is 10.7. The van der Waals surface area contributed by atoms with Gasteiger partial charge in [0.1, 0.15) is 16.6 Å². The number of benzene rings is 2. The van der Waals surface area contributed by atoms with E-state index in [1.807, 2.05) is 25.1 Å². The molecule has 0 bridgehead atoms. The van der Waals surface area contributed by atoms with Crippen LogP contribution in [0, 0.1) is 11.6 Å². The van der Waals surface area contributed by atoms with Crippen molar-refractivity contribution in [2.45, 2.75) is 31.7 Å². The molecule has 0 radical (unpaired) electrons. The van der Waals surface area contributed by atoms with Crippen LogP contribution < -0.4 is 11.0 Å². The van der Waals surface area contributed by atoms with Crippen LogP contribution in [0.15, 0.2) is 56.5 Å². The Hall–Kier alpha value is -3.32. The quantitative estimate of drug-likeness (QED) is 0.435. The van der Waals surface area contributed by atoms with Crippen molar-refractivity contribution in [1.29, 1.82) is 0 Å². The molecule has 2 heterocycles. The second-order valence-corrected chi connectivity index (χ2v) is 8.65. The van der Waals surface area contributed by atoms with E-state index in [-0.39, 0.29) is 28.0 Å². The average molecular weight is 436 g/mol. The Balaban J connectivity index is 1.86. The van der Waals surface area contributed by atoms with E-state index in [0.29, 0.717) is 17.8 Å². The molecule has 7 heteroatoms. The summed E-state index contributed by atoms with van der Waals surface area (Å²) in [4.78, 5) is 28.9. The van der Waals surface area contributed by atoms with Gasteiger partial charge in [-0.15, -0.1) is 0 Å². The van der Waals surface area contributed by atoms with Crippen LogP contribution in [0.2, 0.25) is 0 Å². The van der Waals surface area contributed by atoms with Crippen LogP contribution in [-0.2, 0) is 6.54 Å². The minimum atomic E-state index is -1.12. The third-order valence-electron chi connectivity index (χ3n) is 6.13. The molecule has 0 spiro atoms. The Morgan fingerprint density at radius 1 is 1.06 bits per heavy atom. The predicted octanol–water partition coefficient (Wildman–Crippen LogP) is 4.70. The molecule has 164 valence electrons. The molecule has 0 saturated heterocycles. The molecule has 0 amide bonds. The van der Waals surface area contributed by atoms with Gasteiger partial charge in [0.15, 0.2) is 11.6 Å². The highest BCUT2D eigenvalue weighted by atomic mass is 19.2. The summed E-state index contributed by atoms with van der Waals surface area (Å²) in [7, 11) is 3.84. The first-order valence-electron chi connectivity index (χ1n) is 10.6. The van der Waals surface area contributed by atoms with E-state index in [2.05, 4.69) is 0 Å². The maximum absolute atomic E-state index is 14.7. The molecule has 5 nitrogen and oxygen atoms in total. The Bertz CT molecular complexity index is 1480. The van der Waals surface area contributed by atoms with Crippen molar-refractivity contribution in [3.63, 3.8) is 0 Å². The van der Waals surface area contributed by atoms with E-state index in [9.17, 15) is 18.4 Å². The molecule has 2 aromatic carbocycles. The monoisotopic (exact) mass is 436 g/mol. The fourth-order valence-electron chi connectivity index (χ4n) is 4.37. The summed E-state index contributed by atoms with van der Waals surface area (Å²) in [5.74, 6) is -2.15. The van der Waals surface area contributed by atoms with Crippen molar-refractivity contribution < 1.29 is 13.2 Å². The summed E-state index contributed by atoms with van der Waals surface area (Å²) in [5.41, 5.74) is 0.628. The molecule has 2 aromatic heterocycles. The fraction of sp³-hybridized carbons (Fsp3) is 0.280. The Morgan fingerprint density at radius 2 is 1.84 bits per heavy atom. The molecular formula is C25H22F2N2O3. The van der Waals surface area contributed by atoms with Gasteiger partial charge in [0.05, 0.1) is 11.1 Å². The lowest BCUT2D eigenvalue weighted by atomic mass is 9.82. The zero-order valence-electron chi connectivity index (χ0n) is 17.8. The smallest absolute Gasteiger partial charge is 0.270 e. The van der Waals surface area contributed by atoms with Crippen molar-refractivity contribution in [1.82, 2.24) is 9.47 Å². The average Bonchev–Trinajstić information content (AvgIpc) is 2.69. The van der Waals surface area contributed by atoms with Gasteiger partial charge in [-0.05, 0) is 62.7 Å². The molecule has 5 rings (SSSR count). The standard InChI is InChI=1S/C25H22F2N2O3/c1-28(2)13-14-9-10-20-16(11-14)24(30)22-21(32-20)12-19(15-5-3-6-15)29(25(22)31)18-8-4-7-17(26)23(18)27/h4,7-12,15H,3,5-6,13H2,1-2H3. The Kier molecular flexibility index (Phi) is 4.93. The minimum Gasteiger partial charge on any atom is -0.456 e. The molecule has 0 atom stereocenters. The molecule has 4 aromatic rings. The van der Waals surface area contributed by atoms with Crippen molar-refractivity contribution in [2.75, 3.05) is 14.1 Å². The van der Waals surface area contributed by atoms with E-state index < -0.39 is 22.6 Å². The van der Waals surface area contributed by atoms with E-state index >= 15 is 0 Å². The first kappa shape index (κ1) is 20.6. The SMILES string of the molecule is CN(C)Cc1ccc2oc3cc(C4CCC4)n(-c4cccc(F)c4F)c(=O)c3c(=O)c2c1. The first-order chi connectivity index (χ1) is 15.3. The van der Waals surface area contributed by atoms with E-state index in [1.54, 1.807) is 18.2 Å². The number of halogens is 2. The number of hydrogen-bond acceptors (Lipinski definition) is 4. The van der Waals surface area contributed by atoms with E-state index in [4.69, 9.17) is 4.42 Å². The fourth-order valence-corrected chi connectivity index (χ4v) is 4.37. The highest BCUT2D eigenvalue weighted by Crippen LogP contribution is 2.38. The normalized spacial score (nSPS) is 14.4. The number of pyridine rings is 1. The third kappa shape index (κ3) is 3.24. The van der Waals surface area contributed by atoms with Crippen molar-refractivity contribution in [2.24, 2.45) is 0 Å². The second kappa shape index (κ2) is 7.67. The third-order valence-corrected chi connectivity index (χ3v) is 6.13. The molecule has 1 aliphatic rings. The summed E-state index contributed by atoms with van der Waals surface area (Å²) in [6.07, 6.45) is 2.64. The van der Waals surface area contributed by atoms with Gasteiger partial charge in [0.25, 0.3) is 5.56 Å². The second-order valence-electron chi connectivity index (χ2n) is 8.65. The van der Waals surface area contributed by atoms with Crippen LogP contribution in [0.4, 0.5) is 8.78 Å². The van der Waals surface area contributed by atoms with Crippen LogP contribution in [-0.4, -0.2) is 23.6 Å².